The molecular weight excluding hydrogens is 364 g/mol. The summed E-state index contributed by atoms with van der Waals surface area (Å²) in [5.41, 5.74) is 2.43. The molecule has 1 aliphatic rings. The van der Waals surface area contributed by atoms with E-state index >= 15 is 0 Å². The number of aliphatic imine (C=N–C) groups is 1. The first-order chi connectivity index (χ1) is 14.2. The fraction of sp³-hybridized carbons (Fsp3) is 0.391. The Labute approximate surface area is 173 Å². The van der Waals surface area contributed by atoms with Gasteiger partial charge in [-0.2, -0.15) is 0 Å². The maximum Gasteiger partial charge on any atom is 0.222 e. The van der Waals surface area contributed by atoms with Gasteiger partial charge < -0.3 is 20.3 Å². The van der Waals surface area contributed by atoms with E-state index in [0.29, 0.717) is 25.4 Å². The molecule has 154 valence electrons. The van der Waals surface area contributed by atoms with Gasteiger partial charge in [0.15, 0.2) is 5.96 Å². The lowest BCUT2D eigenvalue weighted by Gasteiger charge is -2.21. The van der Waals surface area contributed by atoms with Gasteiger partial charge in [-0.05, 0) is 29.7 Å². The molecule has 1 amide bonds. The molecule has 0 spiro atoms. The van der Waals surface area contributed by atoms with Gasteiger partial charge in [-0.3, -0.25) is 9.79 Å². The Morgan fingerprint density at radius 2 is 1.90 bits per heavy atom. The Bertz CT molecular complexity index is 805. The molecule has 1 heterocycles. The monoisotopic (exact) mass is 394 g/mol. The molecule has 3 rings (SSSR count). The van der Waals surface area contributed by atoms with Crippen LogP contribution in [0.2, 0.25) is 0 Å². The van der Waals surface area contributed by atoms with Gasteiger partial charge in [0.25, 0.3) is 0 Å². The molecular formula is C23H30N4O2. The van der Waals surface area contributed by atoms with Gasteiger partial charge in [0.2, 0.25) is 5.91 Å². The molecule has 0 saturated carbocycles. The van der Waals surface area contributed by atoms with Crippen molar-refractivity contribution in [1.29, 1.82) is 0 Å². The van der Waals surface area contributed by atoms with E-state index in [1.165, 1.54) is 5.56 Å². The lowest BCUT2D eigenvalue weighted by Crippen LogP contribution is -2.41. The van der Waals surface area contributed by atoms with E-state index in [1.54, 1.807) is 14.2 Å². The van der Waals surface area contributed by atoms with E-state index in [4.69, 9.17) is 4.74 Å². The molecule has 29 heavy (non-hydrogen) atoms. The number of likely N-dealkylation sites (tertiary alicyclic amines) is 1. The number of ether oxygens (including phenoxy) is 1. The molecule has 0 aromatic heterocycles. The van der Waals surface area contributed by atoms with Crippen LogP contribution in [0.15, 0.2) is 59.6 Å². The highest BCUT2D eigenvalue weighted by Crippen LogP contribution is 2.28. The van der Waals surface area contributed by atoms with E-state index in [-0.39, 0.29) is 5.91 Å². The summed E-state index contributed by atoms with van der Waals surface area (Å²) in [7, 11) is 3.47. The highest BCUT2D eigenvalue weighted by Gasteiger charge is 2.26. The van der Waals surface area contributed by atoms with Crippen LogP contribution in [0.4, 0.5) is 0 Å². The fourth-order valence-corrected chi connectivity index (χ4v) is 3.61. The summed E-state index contributed by atoms with van der Waals surface area (Å²) in [6, 6.07) is 18.2. The molecule has 1 fully saturated rings. The van der Waals surface area contributed by atoms with Crippen LogP contribution in [0.1, 0.15) is 29.9 Å². The number of hydrogen-bond donors (Lipinski definition) is 2. The number of amides is 1. The molecule has 0 bridgehead atoms. The highest BCUT2D eigenvalue weighted by molar-refractivity contribution is 5.81. The molecule has 6 nitrogen and oxygen atoms in total. The van der Waals surface area contributed by atoms with Gasteiger partial charge in [0.1, 0.15) is 5.75 Å². The van der Waals surface area contributed by atoms with Crippen LogP contribution < -0.4 is 15.4 Å². The maximum absolute atomic E-state index is 12.1. The van der Waals surface area contributed by atoms with Crippen molar-refractivity contribution < 1.29 is 9.53 Å². The Morgan fingerprint density at radius 1 is 1.14 bits per heavy atom. The number of hydrogen-bond acceptors (Lipinski definition) is 3. The Kier molecular flexibility index (Phi) is 7.50. The number of rotatable bonds is 7. The fourth-order valence-electron chi connectivity index (χ4n) is 3.61. The predicted molar refractivity (Wildman–Crippen MR) is 116 cm³/mol. The summed E-state index contributed by atoms with van der Waals surface area (Å²) in [5, 5.41) is 6.28. The summed E-state index contributed by atoms with van der Waals surface area (Å²) in [6.07, 6.45) is 1.51. The van der Waals surface area contributed by atoms with Gasteiger partial charge in [-0.15, -0.1) is 0 Å². The second-order valence-electron chi connectivity index (χ2n) is 7.19. The number of carbonyl (C=O) groups is 1. The van der Waals surface area contributed by atoms with Crippen molar-refractivity contribution in [3.05, 3.63) is 65.7 Å². The number of nitrogens with zero attached hydrogens (tertiary/aromatic N) is 2. The topological polar surface area (TPSA) is 66.0 Å². The van der Waals surface area contributed by atoms with Gasteiger partial charge in [-0.1, -0.05) is 42.5 Å². The molecule has 2 N–H and O–H groups in total. The third kappa shape index (κ3) is 5.98. The van der Waals surface area contributed by atoms with Crippen LogP contribution in [-0.4, -0.2) is 50.6 Å². The molecule has 1 atom stereocenters. The van der Waals surface area contributed by atoms with Crippen LogP contribution >= 0.6 is 0 Å². The standard InChI is InChI=1S/C23H30N4O2/c1-24-23(25-14-12-22(28)26-16-18-6-4-3-5-7-18)27-15-13-20(17-27)19-8-10-21(29-2)11-9-19/h3-11,20H,12-17H2,1-2H3,(H,24,25)(H,26,28). The van der Waals surface area contributed by atoms with Gasteiger partial charge in [0.05, 0.1) is 7.11 Å². The van der Waals surface area contributed by atoms with E-state index in [1.807, 2.05) is 42.5 Å². The first kappa shape index (κ1) is 20.7. The average Bonchev–Trinajstić information content (AvgIpc) is 3.26. The van der Waals surface area contributed by atoms with Crippen molar-refractivity contribution in [2.45, 2.75) is 25.3 Å². The van der Waals surface area contributed by atoms with Crippen molar-refractivity contribution in [2.24, 2.45) is 4.99 Å². The molecule has 2 aromatic rings. The minimum Gasteiger partial charge on any atom is -0.497 e. The molecule has 1 saturated heterocycles. The van der Waals surface area contributed by atoms with Gasteiger partial charge in [0, 0.05) is 45.6 Å². The van der Waals surface area contributed by atoms with Crippen molar-refractivity contribution in [3.63, 3.8) is 0 Å². The van der Waals surface area contributed by atoms with Crippen LogP contribution in [-0.2, 0) is 11.3 Å². The molecule has 1 aliphatic heterocycles. The third-order valence-corrected chi connectivity index (χ3v) is 5.25. The molecule has 2 aromatic carbocycles. The third-order valence-electron chi connectivity index (χ3n) is 5.25. The lowest BCUT2D eigenvalue weighted by molar-refractivity contribution is -0.121. The predicted octanol–water partition coefficient (Wildman–Crippen LogP) is 2.77. The molecule has 6 heteroatoms. The largest absolute Gasteiger partial charge is 0.497 e. The average molecular weight is 395 g/mol. The van der Waals surface area contributed by atoms with E-state index < -0.39 is 0 Å². The van der Waals surface area contributed by atoms with Crippen molar-refractivity contribution in [1.82, 2.24) is 15.5 Å². The Balaban J connectivity index is 1.41. The number of carbonyl (C=O) groups excluding carboxylic acids is 1. The summed E-state index contributed by atoms with van der Waals surface area (Å²) in [5.74, 6) is 2.26. The van der Waals surface area contributed by atoms with Crippen LogP contribution in [0.25, 0.3) is 0 Å². The Morgan fingerprint density at radius 3 is 2.59 bits per heavy atom. The number of benzene rings is 2. The van der Waals surface area contributed by atoms with E-state index in [2.05, 4.69) is 32.7 Å². The zero-order chi connectivity index (χ0) is 20.5. The molecule has 0 radical (unpaired) electrons. The Hall–Kier alpha value is -3.02. The van der Waals surface area contributed by atoms with Crippen LogP contribution in [0.3, 0.4) is 0 Å². The van der Waals surface area contributed by atoms with Crippen LogP contribution in [0, 0.1) is 0 Å². The van der Waals surface area contributed by atoms with Gasteiger partial charge >= 0.3 is 0 Å². The summed E-state index contributed by atoms with van der Waals surface area (Å²) >= 11 is 0. The number of guanidine groups is 1. The first-order valence-electron chi connectivity index (χ1n) is 10.1. The zero-order valence-corrected chi connectivity index (χ0v) is 17.2. The highest BCUT2D eigenvalue weighted by atomic mass is 16.5. The van der Waals surface area contributed by atoms with Gasteiger partial charge in [-0.25, -0.2) is 0 Å². The maximum atomic E-state index is 12.1. The number of methoxy groups -OCH3 is 1. The minimum atomic E-state index is 0.0364. The van der Waals surface area contributed by atoms with Crippen LogP contribution in [0.5, 0.6) is 5.75 Å². The van der Waals surface area contributed by atoms with Crippen molar-refractivity contribution in [2.75, 3.05) is 33.8 Å². The summed E-state index contributed by atoms with van der Waals surface area (Å²) in [4.78, 5) is 18.7. The summed E-state index contributed by atoms with van der Waals surface area (Å²) in [6.45, 7) is 3.00. The second kappa shape index (κ2) is 10.5. The SMILES string of the molecule is CN=C(NCCC(=O)NCc1ccccc1)N1CCC(c2ccc(OC)cc2)C1. The van der Waals surface area contributed by atoms with E-state index in [9.17, 15) is 4.79 Å². The first-order valence-corrected chi connectivity index (χ1v) is 10.1. The quantitative estimate of drug-likeness (QED) is 0.560. The zero-order valence-electron chi connectivity index (χ0n) is 17.2. The second-order valence-corrected chi connectivity index (χ2v) is 7.19. The lowest BCUT2D eigenvalue weighted by atomic mass is 9.98. The van der Waals surface area contributed by atoms with E-state index in [0.717, 1.165) is 36.8 Å². The van der Waals surface area contributed by atoms with Crippen molar-refractivity contribution >= 4 is 11.9 Å². The molecule has 0 aliphatic carbocycles. The minimum absolute atomic E-state index is 0.0364. The summed E-state index contributed by atoms with van der Waals surface area (Å²) < 4.78 is 5.24. The normalized spacial score (nSPS) is 16.6. The number of nitrogens with one attached hydrogen (secondary N) is 2. The molecule has 1 unspecified atom stereocenters. The van der Waals surface area contributed by atoms with Crippen molar-refractivity contribution in [3.8, 4) is 5.75 Å². The smallest absolute Gasteiger partial charge is 0.222 e.